The molecule has 0 fully saturated rings. The third-order valence-electron chi connectivity index (χ3n) is 3.92. The zero-order chi connectivity index (χ0) is 18.6. The Morgan fingerprint density at radius 3 is 2.44 bits per heavy atom. The molecule has 0 aliphatic carbocycles. The van der Waals surface area contributed by atoms with Crippen molar-refractivity contribution in [3.05, 3.63) is 69.2 Å². The van der Waals surface area contributed by atoms with Crippen LogP contribution in [0.1, 0.15) is 37.1 Å². The summed E-state index contributed by atoms with van der Waals surface area (Å²) in [6, 6.07) is 7.90. The molecule has 2 rings (SSSR count). The van der Waals surface area contributed by atoms with Gasteiger partial charge in [0.2, 0.25) is 0 Å². The molecule has 134 valence electrons. The van der Waals surface area contributed by atoms with E-state index in [9.17, 15) is 13.6 Å². The van der Waals surface area contributed by atoms with E-state index in [-0.39, 0.29) is 24.5 Å². The highest BCUT2D eigenvalue weighted by Gasteiger charge is 2.18. The molecule has 0 radical (unpaired) electrons. The fourth-order valence-corrected chi connectivity index (χ4v) is 3.08. The molecule has 0 saturated heterocycles. The predicted molar refractivity (Wildman–Crippen MR) is 94.6 cm³/mol. The molecule has 0 aromatic heterocycles. The van der Waals surface area contributed by atoms with Crippen LogP contribution >= 0.6 is 23.2 Å². The van der Waals surface area contributed by atoms with Crippen molar-refractivity contribution in [1.82, 2.24) is 5.32 Å². The SMILES string of the molecule is C[C@H]([NH2+]CC(=O)N[C@H](C)c1ccc(Cl)cc1Cl)c1ccc(F)cc1F. The van der Waals surface area contributed by atoms with Crippen molar-refractivity contribution in [2.75, 3.05) is 6.54 Å². The minimum Gasteiger partial charge on any atom is -0.345 e. The zero-order valence-corrected chi connectivity index (χ0v) is 15.3. The van der Waals surface area contributed by atoms with E-state index in [1.807, 2.05) is 6.92 Å². The number of carbonyl (C=O) groups excluding carboxylic acids is 1. The maximum atomic E-state index is 13.7. The Balaban J connectivity index is 1.91. The van der Waals surface area contributed by atoms with Gasteiger partial charge in [-0.2, -0.15) is 0 Å². The Labute approximate surface area is 155 Å². The number of hydrogen-bond donors (Lipinski definition) is 2. The summed E-state index contributed by atoms with van der Waals surface area (Å²) in [7, 11) is 0. The monoisotopic (exact) mass is 387 g/mol. The lowest BCUT2D eigenvalue weighted by molar-refractivity contribution is -0.682. The standard InChI is InChI=1S/C18H18Cl2F2N2O/c1-10(15-6-4-13(21)8-17(15)22)23-9-18(25)24-11(2)14-5-3-12(19)7-16(14)20/h3-8,10-11,23H,9H2,1-2H3,(H,24,25)/p+1/t10-,11+/m0/s1. The van der Waals surface area contributed by atoms with Crippen LogP contribution in [0, 0.1) is 11.6 Å². The third kappa shape index (κ3) is 5.39. The van der Waals surface area contributed by atoms with Crippen molar-refractivity contribution < 1.29 is 18.9 Å². The van der Waals surface area contributed by atoms with Gasteiger partial charge >= 0.3 is 0 Å². The molecule has 0 heterocycles. The van der Waals surface area contributed by atoms with Crippen molar-refractivity contribution >= 4 is 29.1 Å². The topological polar surface area (TPSA) is 45.7 Å². The molecule has 0 spiro atoms. The molecule has 0 saturated carbocycles. The molecule has 2 aromatic carbocycles. The van der Waals surface area contributed by atoms with E-state index in [4.69, 9.17) is 23.2 Å². The molecule has 3 N–H and O–H groups in total. The van der Waals surface area contributed by atoms with Crippen LogP contribution in [0.5, 0.6) is 0 Å². The van der Waals surface area contributed by atoms with E-state index < -0.39 is 11.6 Å². The number of quaternary nitrogens is 1. The maximum absolute atomic E-state index is 13.7. The maximum Gasteiger partial charge on any atom is 0.275 e. The van der Waals surface area contributed by atoms with E-state index in [0.717, 1.165) is 11.6 Å². The van der Waals surface area contributed by atoms with Crippen molar-refractivity contribution in [1.29, 1.82) is 0 Å². The molecule has 0 bridgehead atoms. The van der Waals surface area contributed by atoms with Gasteiger partial charge in [0, 0.05) is 21.7 Å². The molecule has 1 amide bonds. The molecule has 0 unspecified atom stereocenters. The summed E-state index contributed by atoms with van der Waals surface area (Å²) in [5, 5.41) is 5.52. The number of halogens is 4. The molecule has 2 aromatic rings. The fourth-order valence-electron chi connectivity index (χ4n) is 2.51. The minimum absolute atomic E-state index is 0.105. The summed E-state index contributed by atoms with van der Waals surface area (Å²) in [5.74, 6) is -1.46. The van der Waals surface area contributed by atoms with E-state index >= 15 is 0 Å². The van der Waals surface area contributed by atoms with Gasteiger partial charge in [-0.15, -0.1) is 0 Å². The van der Waals surface area contributed by atoms with Crippen molar-refractivity contribution in [3.8, 4) is 0 Å². The van der Waals surface area contributed by atoms with Crippen LogP contribution in [-0.2, 0) is 4.79 Å². The average molecular weight is 388 g/mol. The second-order valence-corrected chi connectivity index (χ2v) is 6.69. The van der Waals surface area contributed by atoms with Crippen molar-refractivity contribution in [2.45, 2.75) is 25.9 Å². The van der Waals surface area contributed by atoms with E-state index in [2.05, 4.69) is 5.32 Å². The number of benzene rings is 2. The lowest BCUT2D eigenvalue weighted by Crippen LogP contribution is -2.87. The van der Waals surface area contributed by atoms with Gasteiger partial charge in [0.25, 0.3) is 5.91 Å². The van der Waals surface area contributed by atoms with Crippen molar-refractivity contribution in [3.63, 3.8) is 0 Å². The molecule has 3 nitrogen and oxygen atoms in total. The summed E-state index contributed by atoms with van der Waals surface area (Å²) in [4.78, 5) is 12.1. The summed E-state index contributed by atoms with van der Waals surface area (Å²) in [6.07, 6.45) is 0. The molecular weight excluding hydrogens is 369 g/mol. The Bertz CT molecular complexity index is 771. The summed E-state index contributed by atoms with van der Waals surface area (Å²) >= 11 is 12.0. The minimum atomic E-state index is -0.625. The zero-order valence-electron chi connectivity index (χ0n) is 13.8. The Hall–Kier alpha value is -1.69. The summed E-state index contributed by atoms with van der Waals surface area (Å²) in [5.41, 5.74) is 1.11. The smallest absolute Gasteiger partial charge is 0.275 e. The summed E-state index contributed by atoms with van der Waals surface area (Å²) < 4.78 is 26.7. The first-order chi connectivity index (χ1) is 11.8. The Kier molecular flexibility index (Phi) is 6.76. The largest absolute Gasteiger partial charge is 0.345 e. The van der Waals surface area contributed by atoms with E-state index in [0.29, 0.717) is 15.6 Å². The molecule has 0 aliphatic rings. The normalized spacial score (nSPS) is 13.4. The van der Waals surface area contributed by atoms with Crippen LogP contribution in [0.3, 0.4) is 0 Å². The van der Waals surface area contributed by atoms with Crippen LogP contribution in [0.2, 0.25) is 10.0 Å². The van der Waals surface area contributed by atoms with Crippen LogP contribution in [0.25, 0.3) is 0 Å². The van der Waals surface area contributed by atoms with Crippen LogP contribution in [-0.4, -0.2) is 12.5 Å². The van der Waals surface area contributed by atoms with Crippen LogP contribution in [0.4, 0.5) is 8.78 Å². The number of amides is 1. The second-order valence-electron chi connectivity index (χ2n) is 5.85. The molecular formula is C18H19Cl2F2N2O+. The highest BCUT2D eigenvalue weighted by atomic mass is 35.5. The van der Waals surface area contributed by atoms with Crippen LogP contribution < -0.4 is 10.6 Å². The van der Waals surface area contributed by atoms with Crippen LogP contribution in [0.15, 0.2) is 36.4 Å². The van der Waals surface area contributed by atoms with Gasteiger partial charge in [-0.3, -0.25) is 4.79 Å². The van der Waals surface area contributed by atoms with Gasteiger partial charge < -0.3 is 10.6 Å². The highest BCUT2D eigenvalue weighted by molar-refractivity contribution is 6.35. The number of nitrogens with two attached hydrogens (primary N) is 1. The van der Waals surface area contributed by atoms with Gasteiger partial charge in [-0.05, 0) is 43.7 Å². The molecule has 2 atom stereocenters. The lowest BCUT2D eigenvalue weighted by Gasteiger charge is -2.17. The van der Waals surface area contributed by atoms with Gasteiger partial charge in [-0.25, -0.2) is 8.78 Å². The second kappa shape index (κ2) is 8.61. The van der Waals surface area contributed by atoms with Crippen molar-refractivity contribution in [2.24, 2.45) is 0 Å². The first-order valence-electron chi connectivity index (χ1n) is 7.80. The quantitative estimate of drug-likeness (QED) is 0.778. The van der Waals surface area contributed by atoms with Gasteiger partial charge in [0.15, 0.2) is 6.54 Å². The summed E-state index contributed by atoms with van der Waals surface area (Å²) in [6.45, 7) is 3.67. The number of nitrogens with one attached hydrogen (secondary N) is 1. The highest BCUT2D eigenvalue weighted by Crippen LogP contribution is 2.25. The molecule has 0 aliphatic heterocycles. The van der Waals surface area contributed by atoms with Gasteiger partial charge in [-0.1, -0.05) is 29.3 Å². The van der Waals surface area contributed by atoms with Gasteiger partial charge in [0.05, 0.1) is 6.04 Å². The molecule has 25 heavy (non-hydrogen) atoms. The number of hydrogen-bond acceptors (Lipinski definition) is 1. The van der Waals surface area contributed by atoms with E-state index in [1.54, 1.807) is 30.4 Å². The Morgan fingerprint density at radius 1 is 1.12 bits per heavy atom. The first kappa shape index (κ1) is 19.6. The molecule has 7 heteroatoms. The Morgan fingerprint density at radius 2 is 1.80 bits per heavy atom. The number of carbonyl (C=O) groups is 1. The van der Waals surface area contributed by atoms with E-state index in [1.165, 1.54) is 12.1 Å². The lowest BCUT2D eigenvalue weighted by atomic mass is 10.1. The first-order valence-corrected chi connectivity index (χ1v) is 8.56. The predicted octanol–water partition coefficient (Wildman–Crippen LogP) is 3.77. The fraction of sp³-hybridized carbons (Fsp3) is 0.278. The number of rotatable bonds is 6. The third-order valence-corrected chi connectivity index (χ3v) is 4.48. The average Bonchev–Trinajstić information content (AvgIpc) is 2.52. The van der Waals surface area contributed by atoms with Gasteiger partial charge in [0.1, 0.15) is 17.7 Å².